The smallest absolute Gasteiger partial charge is 0.247 e. The molecule has 20 nitrogen and oxygen atoms in total. The summed E-state index contributed by atoms with van der Waals surface area (Å²) in [7, 11) is 6.01. The van der Waals surface area contributed by atoms with Crippen LogP contribution >= 0.6 is 27.3 Å². The zero-order chi connectivity index (χ0) is 59.6. The standard InChI is InChI=1S/C51H66BrN7O8.C11H18N4OS/c1-58(28-32-65-34-33-63-30-25-45(57-53)38-54-26-31-64-35-36-67-48-22-16-44(17-23-48)56-39-60)27-5-6-29-66-47-20-9-40(10-21-47)11-24-49(61)59(46-18-19-46)50(42-12-14-43(52)15-13-42)51(62)55-37-41-7-3-2-4-8-41;1-12-11-13-9(8-17-11)7-10(16)15-5-3-14(2)4-6-15/h2-4,7-10,12-17,20-23,38-39,46,50H,5-6,11,18-19,24-37,53H2,1H3,(H,55,62)(H,56,60);8H,3-7H2,1-2H3,(H,12,13)/b54-38?,57-45-;. The van der Waals surface area contributed by atoms with Crippen LogP contribution in [0.4, 0.5) is 10.8 Å². The Labute approximate surface area is 507 Å². The number of aromatic nitrogens is 1. The molecular formula is C62H84BrN11O9S. The summed E-state index contributed by atoms with van der Waals surface area (Å²) in [5, 5.41) is 15.3. The summed E-state index contributed by atoms with van der Waals surface area (Å²) in [5.74, 6) is 7.01. The molecule has 0 bridgehead atoms. The van der Waals surface area contributed by atoms with Gasteiger partial charge in [-0.3, -0.25) is 24.2 Å². The van der Waals surface area contributed by atoms with Crippen molar-refractivity contribution in [3.63, 3.8) is 0 Å². The molecule has 2 heterocycles. The lowest BCUT2D eigenvalue weighted by atomic mass is 10.0. The highest BCUT2D eigenvalue weighted by Crippen LogP contribution is 2.36. The zero-order valence-corrected chi connectivity index (χ0v) is 51.2. The highest BCUT2D eigenvalue weighted by molar-refractivity contribution is 9.10. The number of hydrazone groups is 1. The van der Waals surface area contributed by atoms with Gasteiger partial charge in [-0.05, 0) is 118 Å². The number of rotatable bonds is 37. The number of ether oxygens (including phenoxy) is 5. The van der Waals surface area contributed by atoms with E-state index in [9.17, 15) is 19.2 Å². The fourth-order valence-electron chi connectivity index (χ4n) is 8.82. The lowest BCUT2D eigenvalue weighted by Gasteiger charge is -2.32. The number of aryl methyl sites for hydroxylation is 1. The minimum Gasteiger partial charge on any atom is -0.494 e. The van der Waals surface area contributed by atoms with Crippen LogP contribution in [-0.4, -0.2) is 186 Å². The second-order valence-electron chi connectivity index (χ2n) is 20.3. The van der Waals surface area contributed by atoms with Crippen LogP contribution in [0.2, 0.25) is 0 Å². The number of nitrogens with zero attached hydrogens (tertiary/aromatic N) is 7. The van der Waals surface area contributed by atoms with Crippen molar-refractivity contribution in [1.29, 1.82) is 0 Å². The van der Waals surface area contributed by atoms with E-state index in [-0.39, 0.29) is 23.8 Å². The van der Waals surface area contributed by atoms with E-state index in [4.69, 9.17) is 29.5 Å². The molecule has 5 aromatic rings. The van der Waals surface area contributed by atoms with Crippen molar-refractivity contribution >= 4 is 74.1 Å². The quantitative estimate of drug-likeness (QED) is 0.00994. The van der Waals surface area contributed by atoms with Crippen molar-refractivity contribution in [1.82, 2.24) is 29.9 Å². The van der Waals surface area contributed by atoms with Crippen LogP contribution in [0.5, 0.6) is 11.5 Å². The highest BCUT2D eigenvalue weighted by Gasteiger charge is 2.41. The maximum Gasteiger partial charge on any atom is 0.247 e. The molecule has 0 spiro atoms. The Morgan fingerprint density at radius 1 is 0.798 bits per heavy atom. The number of nitrogens with one attached hydrogen (secondary N) is 3. The number of hydrogen-bond acceptors (Lipinski definition) is 17. The van der Waals surface area contributed by atoms with Gasteiger partial charge in [0.2, 0.25) is 24.1 Å². The van der Waals surface area contributed by atoms with Gasteiger partial charge >= 0.3 is 0 Å². The Kier molecular flexibility index (Phi) is 30.2. The molecule has 1 aliphatic heterocycles. The average Bonchev–Trinajstić information content (AvgIpc) is 4.34. The number of aliphatic imine (C=N–C) groups is 1. The second kappa shape index (κ2) is 38.2. The molecular weight excluding hydrogens is 1150 g/mol. The molecule has 4 aromatic carbocycles. The van der Waals surface area contributed by atoms with Crippen LogP contribution in [0.25, 0.3) is 0 Å². The van der Waals surface area contributed by atoms with Crippen LogP contribution in [0, 0.1) is 0 Å². The molecule has 4 amide bonds. The minimum absolute atomic E-state index is 0.0203. The Bertz CT molecular complexity index is 2750. The molecule has 0 radical (unpaired) electrons. The Balaban J connectivity index is 0.000000565. The van der Waals surface area contributed by atoms with Gasteiger partial charge < -0.3 is 65.1 Å². The SMILES string of the molecule is CN(CCCCOc1ccc(CCC(=O)N(C2CC2)C(C(=O)NCc2ccccc2)c2ccc(Br)cc2)cc1)CCOCCOCC/C(C=NCCOCCOc1ccc(NC=O)cc1)=N/N.CNc1nc(CC(=O)N2CCN(C)CC2)cs1. The Hall–Kier alpha value is -6.79. The van der Waals surface area contributed by atoms with Crippen LogP contribution in [0.15, 0.2) is 123 Å². The lowest BCUT2D eigenvalue weighted by Crippen LogP contribution is -2.47. The topological polar surface area (TPSA) is 227 Å². The van der Waals surface area contributed by atoms with Gasteiger partial charge in [0.1, 0.15) is 24.1 Å². The summed E-state index contributed by atoms with van der Waals surface area (Å²) in [6.45, 7) is 10.2. The number of benzene rings is 4. The third kappa shape index (κ3) is 25.2. The van der Waals surface area contributed by atoms with Crippen molar-refractivity contribution in [3.05, 3.63) is 135 Å². The van der Waals surface area contributed by atoms with Crippen molar-refractivity contribution in [2.75, 3.05) is 130 Å². The predicted octanol–water partition coefficient (Wildman–Crippen LogP) is 7.50. The fourth-order valence-corrected chi connectivity index (χ4v) is 9.76. The number of likely N-dealkylation sites (N-methyl/N-ethyl adjacent to an activating group) is 2. The molecule has 1 atom stereocenters. The molecule has 1 aliphatic carbocycles. The Morgan fingerprint density at radius 3 is 2.15 bits per heavy atom. The number of anilines is 2. The highest BCUT2D eigenvalue weighted by atomic mass is 79.9. The van der Waals surface area contributed by atoms with Crippen LogP contribution in [0.1, 0.15) is 67.0 Å². The zero-order valence-electron chi connectivity index (χ0n) is 48.8. The van der Waals surface area contributed by atoms with Crippen LogP contribution < -0.4 is 31.3 Å². The van der Waals surface area contributed by atoms with Gasteiger partial charge in [0.25, 0.3) is 0 Å². The van der Waals surface area contributed by atoms with E-state index in [1.165, 1.54) is 11.3 Å². The van der Waals surface area contributed by atoms with Crippen LogP contribution in [0.3, 0.4) is 0 Å². The van der Waals surface area contributed by atoms with Gasteiger partial charge in [0, 0.05) is 87.0 Å². The van der Waals surface area contributed by atoms with Gasteiger partial charge in [-0.15, -0.1) is 11.3 Å². The van der Waals surface area contributed by atoms with Gasteiger partial charge in [0.05, 0.1) is 70.6 Å². The van der Waals surface area contributed by atoms with E-state index in [0.717, 1.165) is 103 Å². The lowest BCUT2D eigenvalue weighted by molar-refractivity contribution is -0.141. The number of carbonyl (C=O) groups excluding carboxylic acids is 4. The van der Waals surface area contributed by atoms with Gasteiger partial charge in [-0.1, -0.05) is 70.5 Å². The number of thiazole rings is 1. The van der Waals surface area contributed by atoms with E-state index >= 15 is 0 Å². The molecule has 1 saturated heterocycles. The number of nitrogens with two attached hydrogens (primary N) is 1. The summed E-state index contributed by atoms with van der Waals surface area (Å²) >= 11 is 5.04. The molecule has 2 aliphatic rings. The molecule has 7 rings (SSSR count). The van der Waals surface area contributed by atoms with Crippen LogP contribution in [-0.2, 0) is 52.8 Å². The first-order valence-corrected chi connectivity index (χ1v) is 30.5. The first-order valence-electron chi connectivity index (χ1n) is 28.8. The van der Waals surface area contributed by atoms with E-state index in [1.54, 1.807) is 30.5 Å². The van der Waals surface area contributed by atoms with Gasteiger partial charge in [-0.2, -0.15) is 5.10 Å². The molecule has 1 aromatic heterocycles. The molecule has 5 N–H and O–H groups in total. The molecule has 84 heavy (non-hydrogen) atoms. The molecule has 454 valence electrons. The second-order valence-corrected chi connectivity index (χ2v) is 22.1. The summed E-state index contributed by atoms with van der Waals surface area (Å²) in [4.78, 5) is 67.1. The monoisotopic (exact) mass is 1240 g/mol. The number of unbranched alkanes of at least 4 members (excludes halogenated alkanes) is 1. The van der Waals surface area contributed by atoms with Gasteiger partial charge in [-0.25, -0.2) is 4.98 Å². The van der Waals surface area contributed by atoms with E-state index in [2.05, 4.69) is 70.9 Å². The molecule has 2 fully saturated rings. The maximum atomic E-state index is 13.9. The maximum absolute atomic E-state index is 13.9. The molecule has 22 heteroatoms. The van der Waals surface area contributed by atoms with E-state index in [0.29, 0.717) is 115 Å². The Morgan fingerprint density at radius 2 is 1.48 bits per heavy atom. The summed E-state index contributed by atoms with van der Waals surface area (Å²) in [6, 6.07) is 31.9. The number of halogens is 1. The fraction of sp³-hybridized carbons (Fsp3) is 0.468. The summed E-state index contributed by atoms with van der Waals surface area (Å²) < 4.78 is 29.6. The average molecular weight is 1240 g/mol. The van der Waals surface area contributed by atoms with Crippen molar-refractivity contribution in [3.8, 4) is 11.5 Å². The van der Waals surface area contributed by atoms with Gasteiger partial charge in [0.15, 0.2) is 5.13 Å². The van der Waals surface area contributed by atoms with Crippen molar-refractivity contribution in [2.45, 2.75) is 70.0 Å². The number of carbonyl (C=O) groups is 4. The first-order chi connectivity index (χ1) is 41.0. The van der Waals surface area contributed by atoms with Crippen molar-refractivity contribution < 1.29 is 42.9 Å². The van der Waals surface area contributed by atoms with Crippen molar-refractivity contribution in [2.24, 2.45) is 15.9 Å². The predicted molar refractivity (Wildman–Crippen MR) is 335 cm³/mol. The number of amides is 4. The van der Waals surface area contributed by atoms with E-state index < -0.39 is 6.04 Å². The third-order valence-corrected chi connectivity index (χ3v) is 15.2. The molecule has 1 saturated carbocycles. The summed E-state index contributed by atoms with van der Waals surface area (Å²) in [6.07, 6.45) is 7.83. The molecule has 1 unspecified atom stereocenters. The largest absolute Gasteiger partial charge is 0.494 e. The third-order valence-electron chi connectivity index (χ3n) is 13.8. The van der Waals surface area contributed by atoms with E-state index in [1.807, 2.05) is 101 Å². The first kappa shape index (κ1) is 66.4. The normalized spacial score (nSPS) is 13.9. The summed E-state index contributed by atoms with van der Waals surface area (Å²) in [5.41, 5.74) is 5.06. The minimum atomic E-state index is -0.702. The number of hydrogen-bond donors (Lipinski definition) is 4. The number of piperazine rings is 1.